The molecule has 92 valence electrons. The van der Waals surface area contributed by atoms with Gasteiger partial charge in [0, 0.05) is 5.70 Å². The highest BCUT2D eigenvalue weighted by molar-refractivity contribution is 5.18. The van der Waals surface area contributed by atoms with Crippen LogP contribution in [0.15, 0.2) is 35.8 Å². The van der Waals surface area contributed by atoms with Gasteiger partial charge in [-0.2, -0.15) is 0 Å². The van der Waals surface area contributed by atoms with Gasteiger partial charge in [-0.1, -0.05) is 19.4 Å². The van der Waals surface area contributed by atoms with Crippen LogP contribution < -0.4 is 5.73 Å². The van der Waals surface area contributed by atoms with Crippen LogP contribution >= 0.6 is 0 Å². The number of alkyl halides is 3. The Hall–Kier alpha value is -1.39. The zero-order valence-electron chi connectivity index (χ0n) is 9.34. The van der Waals surface area contributed by atoms with Gasteiger partial charge in [0.05, 0.1) is 0 Å². The molecule has 16 heavy (non-hydrogen) atoms. The van der Waals surface area contributed by atoms with Crippen LogP contribution in [0.2, 0.25) is 0 Å². The molecule has 0 aliphatic heterocycles. The normalized spacial score (nSPS) is 14.6. The smallest absolute Gasteiger partial charge is 0.406 e. The lowest BCUT2D eigenvalue weighted by Gasteiger charge is -2.09. The van der Waals surface area contributed by atoms with E-state index in [2.05, 4.69) is 4.74 Å². The Bertz CT molecular complexity index is 286. The number of nitrogens with two attached hydrogens (primary N) is 1. The molecule has 0 aromatic rings. The molecule has 0 heterocycles. The summed E-state index contributed by atoms with van der Waals surface area (Å²) < 4.78 is 39.8. The largest absolute Gasteiger partial charge is 0.573 e. The summed E-state index contributed by atoms with van der Waals surface area (Å²) in [5, 5.41) is 0. The first-order chi connectivity index (χ1) is 7.35. The van der Waals surface area contributed by atoms with Crippen molar-refractivity contribution in [1.29, 1.82) is 0 Å². The van der Waals surface area contributed by atoms with Crippen LogP contribution in [0.5, 0.6) is 0 Å². The zero-order valence-corrected chi connectivity index (χ0v) is 9.34. The van der Waals surface area contributed by atoms with E-state index in [1.807, 2.05) is 6.92 Å². The van der Waals surface area contributed by atoms with Crippen LogP contribution in [0.1, 0.15) is 26.7 Å². The Kier molecular flexibility index (Phi) is 6.37. The van der Waals surface area contributed by atoms with Crippen molar-refractivity contribution in [1.82, 2.24) is 0 Å². The third kappa shape index (κ3) is 9.18. The molecule has 2 N–H and O–H groups in total. The van der Waals surface area contributed by atoms with Crippen molar-refractivity contribution >= 4 is 0 Å². The second-order valence-corrected chi connectivity index (χ2v) is 3.21. The summed E-state index contributed by atoms with van der Waals surface area (Å²) in [5.41, 5.74) is 5.85. The molecule has 0 spiro atoms. The van der Waals surface area contributed by atoms with Crippen LogP contribution in [0.3, 0.4) is 0 Å². The maximum Gasteiger partial charge on any atom is 0.573 e. The van der Waals surface area contributed by atoms with Gasteiger partial charge >= 0.3 is 6.36 Å². The number of unbranched alkanes of at least 4 members (excludes halogenated alkanes) is 1. The Morgan fingerprint density at radius 3 is 2.44 bits per heavy atom. The first-order valence-electron chi connectivity index (χ1n) is 4.91. The minimum atomic E-state index is -4.66. The van der Waals surface area contributed by atoms with Gasteiger partial charge in [0.1, 0.15) is 5.76 Å². The van der Waals surface area contributed by atoms with Crippen molar-refractivity contribution in [2.75, 3.05) is 0 Å². The Balaban J connectivity index is 4.56. The average molecular weight is 235 g/mol. The molecular formula is C11H16F3NO. The van der Waals surface area contributed by atoms with Crippen LogP contribution in [0.4, 0.5) is 13.2 Å². The van der Waals surface area contributed by atoms with Crippen molar-refractivity contribution in [3.8, 4) is 0 Å². The van der Waals surface area contributed by atoms with Gasteiger partial charge < -0.3 is 10.5 Å². The lowest BCUT2D eigenvalue weighted by Crippen LogP contribution is -2.12. The highest BCUT2D eigenvalue weighted by atomic mass is 19.4. The highest BCUT2D eigenvalue weighted by Gasteiger charge is 2.31. The van der Waals surface area contributed by atoms with Crippen molar-refractivity contribution in [2.45, 2.75) is 33.1 Å². The molecule has 0 amide bonds. The second kappa shape index (κ2) is 6.98. The number of hydrogen-bond acceptors (Lipinski definition) is 2. The summed E-state index contributed by atoms with van der Waals surface area (Å²) >= 11 is 0. The summed E-state index contributed by atoms with van der Waals surface area (Å²) in [6.45, 7) is 3.51. The Morgan fingerprint density at radius 1 is 1.38 bits per heavy atom. The van der Waals surface area contributed by atoms with Crippen LogP contribution in [-0.4, -0.2) is 6.36 Å². The third-order valence-electron chi connectivity index (χ3n) is 1.49. The number of ether oxygens (including phenoxy) is 1. The molecule has 0 aromatic carbocycles. The highest BCUT2D eigenvalue weighted by Crippen LogP contribution is 2.21. The van der Waals surface area contributed by atoms with E-state index in [4.69, 9.17) is 5.73 Å². The first-order valence-corrected chi connectivity index (χ1v) is 4.91. The first kappa shape index (κ1) is 14.6. The van der Waals surface area contributed by atoms with E-state index in [0.29, 0.717) is 12.1 Å². The molecular weight excluding hydrogens is 219 g/mol. The Labute approximate surface area is 93.3 Å². The molecule has 5 heteroatoms. The number of hydrogen-bond donors (Lipinski definition) is 1. The van der Waals surface area contributed by atoms with E-state index in [-0.39, 0.29) is 5.76 Å². The minimum Gasteiger partial charge on any atom is -0.406 e. The SMILES string of the molecule is CCC/C=C(/C=C\C=C(/C)N)OC(F)(F)F. The number of allylic oxidation sites excluding steroid dienone is 5. The molecule has 0 bridgehead atoms. The molecule has 0 aliphatic carbocycles. The van der Waals surface area contributed by atoms with E-state index in [9.17, 15) is 13.2 Å². The fourth-order valence-corrected chi connectivity index (χ4v) is 0.859. The maximum absolute atomic E-state index is 12.0. The Morgan fingerprint density at radius 2 is 2.00 bits per heavy atom. The second-order valence-electron chi connectivity index (χ2n) is 3.21. The quantitative estimate of drug-likeness (QED) is 0.583. The summed E-state index contributed by atoms with van der Waals surface area (Å²) in [5.74, 6) is -0.216. The van der Waals surface area contributed by atoms with Gasteiger partial charge in [-0.3, -0.25) is 0 Å². The van der Waals surface area contributed by atoms with Crippen molar-refractivity contribution in [2.24, 2.45) is 5.73 Å². The van der Waals surface area contributed by atoms with Crippen molar-refractivity contribution < 1.29 is 17.9 Å². The summed E-state index contributed by atoms with van der Waals surface area (Å²) in [6, 6.07) is 0. The molecule has 0 atom stereocenters. The molecule has 0 fully saturated rings. The van der Waals surface area contributed by atoms with E-state index < -0.39 is 6.36 Å². The summed E-state index contributed by atoms with van der Waals surface area (Å²) in [6.07, 6.45) is 2.17. The van der Waals surface area contributed by atoms with Gasteiger partial charge in [-0.25, -0.2) is 0 Å². The van der Waals surface area contributed by atoms with Gasteiger partial charge in [0.25, 0.3) is 0 Å². The van der Waals surface area contributed by atoms with E-state index in [1.54, 1.807) is 6.92 Å². The van der Waals surface area contributed by atoms with Crippen molar-refractivity contribution in [3.05, 3.63) is 35.8 Å². The molecule has 0 radical (unpaired) electrons. The van der Waals surface area contributed by atoms with Crippen LogP contribution in [0, 0.1) is 0 Å². The molecule has 0 rings (SSSR count). The van der Waals surface area contributed by atoms with Crippen molar-refractivity contribution in [3.63, 3.8) is 0 Å². The molecule has 0 unspecified atom stereocenters. The predicted molar refractivity (Wildman–Crippen MR) is 57.2 cm³/mol. The molecule has 0 saturated carbocycles. The minimum absolute atomic E-state index is 0.216. The molecule has 0 aliphatic rings. The molecule has 2 nitrogen and oxygen atoms in total. The van der Waals surface area contributed by atoms with Gasteiger partial charge in [-0.15, -0.1) is 13.2 Å². The fraction of sp³-hybridized carbons (Fsp3) is 0.455. The summed E-state index contributed by atoms with van der Waals surface area (Å²) in [4.78, 5) is 0. The number of halogens is 3. The van der Waals surface area contributed by atoms with Gasteiger partial charge in [-0.05, 0) is 31.6 Å². The van der Waals surface area contributed by atoms with Gasteiger partial charge in [0.2, 0.25) is 0 Å². The topological polar surface area (TPSA) is 35.2 Å². The fourth-order valence-electron chi connectivity index (χ4n) is 0.859. The van der Waals surface area contributed by atoms with E-state index in [0.717, 1.165) is 6.42 Å². The monoisotopic (exact) mass is 235 g/mol. The molecule has 0 saturated heterocycles. The van der Waals surface area contributed by atoms with Crippen LogP contribution in [0.25, 0.3) is 0 Å². The van der Waals surface area contributed by atoms with E-state index in [1.165, 1.54) is 24.3 Å². The summed E-state index contributed by atoms with van der Waals surface area (Å²) in [7, 11) is 0. The van der Waals surface area contributed by atoms with Gasteiger partial charge in [0.15, 0.2) is 0 Å². The maximum atomic E-state index is 12.0. The zero-order chi connectivity index (χ0) is 12.6. The lowest BCUT2D eigenvalue weighted by molar-refractivity contribution is -0.303. The molecule has 0 aromatic heterocycles. The van der Waals surface area contributed by atoms with Crippen LogP contribution in [-0.2, 0) is 4.74 Å². The number of rotatable bonds is 5. The predicted octanol–water partition coefficient (Wildman–Crippen LogP) is 3.63. The standard InChI is InChI=1S/C11H16F3NO/c1-3-4-7-10(16-11(12,13)14)8-5-6-9(2)15/h5-8H,3-4,15H2,1-2H3/b8-5-,9-6+,10-7-. The third-order valence-corrected chi connectivity index (χ3v) is 1.49. The lowest BCUT2D eigenvalue weighted by atomic mass is 10.3. The van der Waals surface area contributed by atoms with E-state index >= 15 is 0 Å². The average Bonchev–Trinajstić information content (AvgIpc) is 2.11.